The zero-order chi connectivity index (χ0) is 21.4. The van der Waals surface area contributed by atoms with Gasteiger partial charge in [-0.1, -0.05) is 18.5 Å². The molecule has 6 N–H and O–H groups in total. The van der Waals surface area contributed by atoms with Gasteiger partial charge in [0, 0.05) is 27.9 Å². The van der Waals surface area contributed by atoms with Crippen LogP contribution in [-0.2, 0) is 11.2 Å². The van der Waals surface area contributed by atoms with Gasteiger partial charge in [0.15, 0.2) is 6.04 Å². The Labute approximate surface area is 186 Å². The summed E-state index contributed by atoms with van der Waals surface area (Å²) < 4.78 is 5.68. The van der Waals surface area contributed by atoms with E-state index >= 15 is 0 Å². The molecule has 9 heteroatoms. The van der Waals surface area contributed by atoms with Crippen LogP contribution in [0.2, 0.25) is 0 Å². The number of hydrogen-bond donors (Lipinski definition) is 5. The van der Waals surface area contributed by atoms with Crippen LogP contribution in [0.25, 0.3) is 6.08 Å². The quantitative estimate of drug-likeness (QED) is 0.275. The molecule has 0 fully saturated rings. The highest BCUT2D eigenvalue weighted by atomic mass is 35.5. The number of amidine groups is 1. The number of rotatable bonds is 10. The Kier molecular flexibility index (Phi) is 10.2. The van der Waals surface area contributed by atoms with E-state index in [9.17, 15) is 9.90 Å². The lowest BCUT2D eigenvalue weighted by molar-refractivity contribution is -0.138. The van der Waals surface area contributed by atoms with Crippen LogP contribution in [0.5, 0.6) is 5.75 Å². The third-order valence-electron chi connectivity index (χ3n) is 4.26. The van der Waals surface area contributed by atoms with Crippen LogP contribution in [-0.4, -0.2) is 35.2 Å². The summed E-state index contributed by atoms with van der Waals surface area (Å²) in [4.78, 5) is 12.1. The number of halogens is 2. The molecule has 162 valence electrons. The van der Waals surface area contributed by atoms with E-state index in [1.807, 2.05) is 13.0 Å². The standard InChI is InChI=1S/C21H24ClN3O4.ClH/c1-2-13-11-15(7-8-22)19(29-10-9-26)17(12-13)18(21(27)28)25-16-5-3-14(4-6-16)20(23)24;/h3-8,11-12,18,25-26H,2,9-10H2,1H3,(H3,23,24)(H,27,28);1H. The Bertz CT molecular complexity index is 902. The van der Waals surface area contributed by atoms with Gasteiger partial charge in [0.1, 0.15) is 18.2 Å². The number of aryl methyl sites for hydroxylation is 1. The molecule has 0 radical (unpaired) electrons. The Balaban J connectivity index is 0.00000450. The molecule has 0 amide bonds. The van der Waals surface area contributed by atoms with Crippen molar-refractivity contribution >= 4 is 47.6 Å². The molecule has 1 unspecified atom stereocenters. The van der Waals surface area contributed by atoms with Crippen LogP contribution in [0.1, 0.15) is 35.2 Å². The van der Waals surface area contributed by atoms with Crippen LogP contribution in [0.15, 0.2) is 41.9 Å². The van der Waals surface area contributed by atoms with E-state index in [4.69, 9.17) is 32.6 Å². The molecule has 0 spiro atoms. The van der Waals surface area contributed by atoms with Crippen molar-refractivity contribution in [3.63, 3.8) is 0 Å². The molecule has 2 aromatic rings. The minimum atomic E-state index is -1.11. The van der Waals surface area contributed by atoms with Crippen LogP contribution in [0, 0.1) is 5.41 Å². The van der Waals surface area contributed by atoms with Crippen molar-refractivity contribution in [3.8, 4) is 5.75 Å². The summed E-state index contributed by atoms with van der Waals surface area (Å²) in [7, 11) is 0. The Morgan fingerprint density at radius 3 is 2.50 bits per heavy atom. The second-order valence-corrected chi connectivity index (χ2v) is 6.48. The number of nitrogen functional groups attached to an aromatic ring is 1. The van der Waals surface area contributed by atoms with E-state index in [0.717, 1.165) is 5.56 Å². The fraction of sp³-hybridized carbons (Fsp3) is 0.238. The average molecular weight is 454 g/mol. The van der Waals surface area contributed by atoms with Crippen LogP contribution >= 0.6 is 24.0 Å². The molecule has 0 heterocycles. The predicted octanol–water partition coefficient (Wildman–Crippen LogP) is 3.77. The normalized spacial score (nSPS) is 11.6. The number of hydrogen-bond acceptors (Lipinski definition) is 5. The first-order chi connectivity index (χ1) is 13.9. The molecule has 0 aliphatic carbocycles. The summed E-state index contributed by atoms with van der Waals surface area (Å²) in [6.45, 7) is 1.77. The third kappa shape index (κ3) is 6.38. The maximum Gasteiger partial charge on any atom is 0.330 e. The second kappa shape index (κ2) is 12.1. The summed E-state index contributed by atoms with van der Waals surface area (Å²) in [6, 6.07) is 9.12. The zero-order valence-corrected chi connectivity index (χ0v) is 18.0. The van der Waals surface area contributed by atoms with Crippen molar-refractivity contribution in [1.29, 1.82) is 5.41 Å². The topological polar surface area (TPSA) is 129 Å². The van der Waals surface area contributed by atoms with E-state index in [1.54, 1.807) is 36.4 Å². The van der Waals surface area contributed by atoms with Crippen molar-refractivity contribution in [2.75, 3.05) is 18.5 Å². The first kappa shape index (κ1) is 25.3. The van der Waals surface area contributed by atoms with Crippen molar-refractivity contribution in [2.24, 2.45) is 5.73 Å². The van der Waals surface area contributed by atoms with E-state index in [-0.39, 0.29) is 31.5 Å². The minimum Gasteiger partial charge on any atom is -0.490 e. The number of ether oxygens (including phenoxy) is 1. The van der Waals surface area contributed by atoms with Gasteiger partial charge >= 0.3 is 5.97 Å². The van der Waals surface area contributed by atoms with E-state index in [2.05, 4.69) is 5.32 Å². The van der Waals surface area contributed by atoms with E-state index in [0.29, 0.717) is 34.5 Å². The maximum absolute atomic E-state index is 12.1. The molecule has 7 nitrogen and oxygen atoms in total. The molecule has 0 saturated heterocycles. The van der Waals surface area contributed by atoms with Crippen molar-refractivity contribution < 1.29 is 19.7 Å². The molecule has 0 aromatic heterocycles. The Morgan fingerprint density at radius 1 is 1.33 bits per heavy atom. The lowest BCUT2D eigenvalue weighted by Gasteiger charge is -2.22. The number of carbonyl (C=O) groups is 1. The number of benzene rings is 2. The lowest BCUT2D eigenvalue weighted by Crippen LogP contribution is -2.22. The molecule has 0 aliphatic rings. The first-order valence-electron chi connectivity index (χ1n) is 9.02. The van der Waals surface area contributed by atoms with Crippen LogP contribution in [0.3, 0.4) is 0 Å². The molecule has 2 aromatic carbocycles. The number of carboxylic acid groups (broad SMARTS) is 1. The van der Waals surface area contributed by atoms with E-state index < -0.39 is 12.0 Å². The average Bonchev–Trinajstić information content (AvgIpc) is 2.71. The third-order valence-corrected chi connectivity index (χ3v) is 4.39. The van der Waals surface area contributed by atoms with Gasteiger partial charge in [-0.15, -0.1) is 12.4 Å². The summed E-state index contributed by atoms with van der Waals surface area (Å²) in [6.07, 6.45) is 2.31. The predicted molar refractivity (Wildman–Crippen MR) is 122 cm³/mol. The highest BCUT2D eigenvalue weighted by Crippen LogP contribution is 2.34. The monoisotopic (exact) mass is 453 g/mol. The number of aliphatic hydroxyl groups is 1. The summed E-state index contributed by atoms with van der Waals surface area (Å²) in [5.41, 5.74) is 9.84. The first-order valence-corrected chi connectivity index (χ1v) is 9.45. The van der Waals surface area contributed by atoms with Crippen LogP contribution in [0.4, 0.5) is 5.69 Å². The molecule has 2 rings (SSSR count). The van der Waals surface area contributed by atoms with Crippen LogP contribution < -0.4 is 15.8 Å². The molecule has 30 heavy (non-hydrogen) atoms. The van der Waals surface area contributed by atoms with Gasteiger partial charge in [0.2, 0.25) is 0 Å². The number of nitrogens with two attached hydrogens (primary N) is 1. The lowest BCUT2D eigenvalue weighted by atomic mass is 9.96. The number of nitrogens with one attached hydrogen (secondary N) is 2. The number of anilines is 1. The molecule has 0 bridgehead atoms. The van der Waals surface area contributed by atoms with Gasteiger partial charge in [0.05, 0.1) is 6.61 Å². The van der Waals surface area contributed by atoms with Gasteiger partial charge in [0.25, 0.3) is 0 Å². The van der Waals surface area contributed by atoms with Gasteiger partial charge in [-0.25, -0.2) is 4.79 Å². The fourth-order valence-corrected chi connectivity index (χ4v) is 2.98. The van der Waals surface area contributed by atoms with Gasteiger partial charge in [-0.3, -0.25) is 5.41 Å². The zero-order valence-electron chi connectivity index (χ0n) is 16.4. The SMILES string of the molecule is CCc1cc(C=CCl)c(OCCO)c(C(Nc2ccc(C(=N)N)cc2)C(=O)O)c1.Cl. The molecule has 0 saturated carbocycles. The largest absolute Gasteiger partial charge is 0.490 e. The van der Waals surface area contributed by atoms with Gasteiger partial charge in [-0.2, -0.15) is 0 Å². The minimum absolute atomic E-state index is 0. The second-order valence-electron chi connectivity index (χ2n) is 6.23. The highest BCUT2D eigenvalue weighted by Gasteiger charge is 2.26. The Hall–Kier alpha value is -2.74. The molecular formula is C21H25Cl2N3O4. The molecule has 1 atom stereocenters. The Morgan fingerprint density at radius 2 is 2.00 bits per heavy atom. The smallest absolute Gasteiger partial charge is 0.330 e. The number of carboxylic acids is 1. The summed E-state index contributed by atoms with van der Waals surface area (Å²) >= 11 is 5.76. The van der Waals surface area contributed by atoms with Crippen molar-refractivity contribution in [1.82, 2.24) is 0 Å². The number of aliphatic carboxylic acids is 1. The maximum atomic E-state index is 12.1. The van der Waals surface area contributed by atoms with E-state index in [1.165, 1.54) is 5.54 Å². The highest BCUT2D eigenvalue weighted by molar-refractivity contribution is 6.27. The summed E-state index contributed by atoms with van der Waals surface area (Å²) in [5.74, 6) is -0.823. The van der Waals surface area contributed by atoms with Gasteiger partial charge < -0.3 is 26.0 Å². The number of aliphatic hydroxyl groups excluding tert-OH is 1. The van der Waals surface area contributed by atoms with Gasteiger partial charge in [-0.05, 0) is 54.5 Å². The van der Waals surface area contributed by atoms with Crippen molar-refractivity contribution in [2.45, 2.75) is 19.4 Å². The fourth-order valence-electron chi connectivity index (χ4n) is 2.85. The molecular weight excluding hydrogens is 429 g/mol. The van der Waals surface area contributed by atoms with Crippen molar-refractivity contribution in [3.05, 3.63) is 64.2 Å². The molecule has 0 aliphatic heterocycles. The summed E-state index contributed by atoms with van der Waals surface area (Å²) in [5, 5.41) is 29.5.